The molecule has 2 rings (SSSR count). The number of hydroxylamine groups is 2. The Morgan fingerprint density at radius 1 is 1.03 bits per heavy atom. The van der Waals surface area contributed by atoms with Crippen molar-refractivity contribution in [1.29, 1.82) is 0 Å². The first-order valence-electron chi connectivity index (χ1n) is 9.93. The van der Waals surface area contributed by atoms with Gasteiger partial charge in [-0.15, -0.1) is 5.06 Å². The third-order valence-electron chi connectivity index (χ3n) is 4.28. The van der Waals surface area contributed by atoms with E-state index in [-0.39, 0.29) is 5.71 Å². The number of likely N-dealkylation sites (N-methyl/N-ethyl adjacent to an activating group) is 1. The molecule has 0 saturated carbocycles. The molecule has 1 heterocycles. The number of hydrogen-bond donors (Lipinski definition) is 0. The topological polar surface area (TPSA) is 97.7 Å². The molecule has 1 aliphatic rings. The summed E-state index contributed by atoms with van der Waals surface area (Å²) in [7, 11) is 1.46. The summed E-state index contributed by atoms with van der Waals surface area (Å²) in [4.78, 5) is 44.7. The number of ether oxygens (including phenoxy) is 2. The number of aryl methyl sites for hydroxylation is 1. The molecule has 1 atom stereocenters. The monoisotopic (exact) mass is 433 g/mol. The van der Waals surface area contributed by atoms with Crippen molar-refractivity contribution < 1.29 is 28.7 Å². The minimum atomic E-state index is -1.85. The number of amides is 2. The van der Waals surface area contributed by atoms with E-state index in [2.05, 4.69) is 5.10 Å². The number of rotatable bonds is 2. The molecule has 2 amide bonds. The fourth-order valence-corrected chi connectivity index (χ4v) is 3.17. The van der Waals surface area contributed by atoms with E-state index in [4.69, 9.17) is 14.3 Å². The molecule has 0 N–H and O–H groups in total. The largest absolute Gasteiger partial charge is 0.534 e. The van der Waals surface area contributed by atoms with E-state index < -0.39 is 34.9 Å². The second-order valence-corrected chi connectivity index (χ2v) is 9.42. The van der Waals surface area contributed by atoms with Crippen molar-refractivity contribution in [3.8, 4) is 0 Å². The Labute approximate surface area is 182 Å². The van der Waals surface area contributed by atoms with Crippen LogP contribution < -0.4 is 0 Å². The molecule has 1 unspecified atom stereocenters. The molecule has 0 saturated heterocycles. The van der Waals surface area contributed by atoms with E-state index in [1.165, 1.54) is 7.05 Å². The maximum atomic E-state index is 13.5. The van der Waals surface area contributed by atoms with E-state index >= 15 is 0 Å². The number of carbonyl (C=O) groups excluding carboxylic acids is 3. The smallest absolute Gasteiger partial charge is 0.442 e. The predicted molar refractivity (Wildman–Crippen MR) is 114 cm³/mol. The molecule has 0 radical (unpaired) electrons. The van der Waals surface area contributed by atoms with Gasteiger partial charge in [0.15, 0.2) is 0 Å². The second kappa shape index (κ2) is 8.20. The van der Waals surface area contributed by atoms with Crippen LogP contribution >= 0.6 is 0 Å². The summed E-state index contributed by atoms with van der Waals surface area (Å²) >= 11 is 0. The van der Waals surface area contributed by atoms with Gasteiger partial charge in [-0.3, -0.25) is 9.63 Å². The zero-order chi connectivity index (χ0) is 23.8. The molecule has 0 fully saturated rings. The van der Waals surface area contributed by atoms with Gasteiger partial charge in [0.2, 0.25) is 5.54 Å². The number of benzene rings is 1. The van der Waals surface area contributed by atoms with Crippen LogP contribution in [0.5, 0.6) is 0 Å². The Morgan fingerprint density at radius 2 is 1.61 bits per heavy atom. The maximum Gasteiger partial charge on any atom is 0.534 e. The molecule has 9 nitrogen and oxygen atoms in total. The highest BCUT2D eigenvalue weighted by Crippen LogP contribution is 2.38. The lowest BCUT2D eigenvalue weighted by atomic mass is 9.84. The Balaban J connectivity index is 2.69. The average Bonchev–Trinajstić information content (AvgIpc) is 2.79. The fourth-order valence-electron chi connectivity index (χ4n) is 3.17. The van der Waals surface area contributed by atoms with Gasteiger partial charge in [-0.05, 0) is 61.0 Å². The molecular formula is C22H31N3O6. The van der Waals surface area contributed by atoms with Gasteiger partial charge in [0.05, 0.1) is 5.71 Å². The van der Waals surface area contributed by atoms with Gasteiger partial charge in [0.25, 0.3) is 5.91 Å². The maximum absolute atomic E-state index is 13.5. The van der Waals surface area contributed by atoms with Crippen LogP contribution in [-0.2, 0) is 24.6 Å². The van der Waals surface area contributed by atoms with Crippen LogP contribution in [0.1, 0.15) is 59.6 Å². The Hall–Kier alpha value is -3.10. The van der Waals surface area contributed by atoms with Crippen molar-refractivity contribution in [1.82, 2.24) is 10.1 Å². The van der Waals surface area contributed by atoms with Crippen LogP contribution in [0, 0.1) is 6.92 Å². The molecule has 1 aliphatic heterocycles. The Bertz CT molecular complexity index is 913. The van der Waals surface area contributed by atoms with Gasteiger partial charge in [-0.25, -0.2) is 14.6 Å². The van der Waals surface area contributed by atoms with Gasteiger partial charge in [-0.1, -0.05) is 29.8 Å². The first-order chi connectivity index (χ1) is 14.1. The molecule has 0 aliphatic carbocycles. The van der Waals surface area contributed by atoms with Crippen molar-refractivity contribution in [3.63, 3.8) is 0 Å². The molecular weight excluding hydrogens is 402 g/mol. The van der Waals surface area contributed by atoms with E-state index in [9.17, 15) is 14.4 Å². The van der Waals surface area contributed by atoms with Crippen LogP contribution in [0.15, 0.2) is 29.4 Å². The zero-order valence-corrected chi connectivity index (χ0v) is 19.6. The van der Waals surface area contributed by atoms with Crippen LogP contribution in [-0.4, -0.2) is 52.2 Å². The van der Waals surface area contributed by atoms with Gasteiger partial charge >= 0.3 is 12.2 Å². The summed E-state index contributed by atoms with van der Waals surface area (Å²) < 4.78 is 10.7. The van der Waals surface area contributed by atoms with Crippen molar-refractivity contribution >= 4 is 23.9 Å². The van der Waals surface area contributed by atoms with Crippen LogP contribution in [0.3, 0.4) is 0 Å². The summed E-state index contributed by atoms with van der Waals surface area (Å²) in [6.45, 7) is 13.4. The summed E-state index contributed by atoms with van der Waals surface area (Å²) in [6.07, 6.45) is -2.18. The third-order valence-corrected chi connectivity index (χ3v) is 4.28. The van der Waals surface area contributed by atoms with E-state index in [0.717, 1.165) is 10.6 Å². The van der Waals surface area contributed by atoms with Gasteiger partial charge in [0.1, 0.15) is 11.2 Å². The normalized spacial score (nSPS) is 19.1. The third kappa shape index (κ3) is 5.15. The highest BCUT2D eigenvalue weighted by molar-refractivity contribution is 6.17. The lowest BCUT2D eigenvalue weighted by Gasteiger charge is -2.38. The van der Waals surface area contributed by atoms with Crippen LogP contribution in [0.25, 0.3) is 0 Å². The number of carbonyl (C=O) groups is 3. The molecule has 170 valence electrons. The van der Waals surface area contributed by atoms with Gasteiger partial charge in [0, 0.05) is 7.05 Å². The molecule has 0 spiro atoms. The van der Waals surface area contributed by atoms with E-state index in [1.54, 1.807) is 66.7 Å². The van der Waals surface area contributed by atoms with Gasteiger partial charge < -0.3 is 9.47 Å². The Kier molecular flexibility index (Phi) is 6.40. The molecule has 0 bridgehead atoms. The van der Waals surface area contributed by atoms with Crippen molar-refractivity contribution in [2.24, 2.45) is 5.10 Å². The summed E-state index contributed by atoms with van der Waals surface area (Å²) in [5.41, 5.74) is -2.17. The zero-order valence-electron chi connectivity index (χ0n) is 19.6. The quantitative estimate of drug-likeness (QED) is 0.513. The fraction of sp³-hybridized carbons (Fsp3) is 0.545. The molecule has 0 aromatic heterocycles. The lowest BCUT2D eigenvalue weighted by molar-refractivity contribution is -0.181. The Morgan fingerprint density at radius 3 is 2.06 bits per heavy atom. The van der Waals surface area contributed by atoms with E-state index in [0.29, 0.717) is 10.6 Å². The lowest BCUT2D eigenvalue weighted by Crippen LogP contribution is -2.59. The number of nitrogens with zero attached hydrogens (tertiary/aromatic N) is 3. The average molecular weight is 434 g/mol. The number of hydrogen-bond acceptors (Lipinski definition) is 7. The summed E-state index contributed by atoms with van der Waals surface area (Å²) in [5, 5.41) is 5.97. The minimum Gasteiger partial charge on any atom is -0.442 e. The first kappa shape index (κ1) is 24.2. The standard InChI is InChI=1S/C22H31N3O6/c1-14-11-10-12-16(13-14)22(15(2)23-24(9)17(22)26)25(18(27)29-20(3,4)5)31-19(28)30-21(6,7)8/h10-13H,1-9H3. The van der Waals surface area contributed by atoms with Crippen molar-refractivity contribution in [2.45, 2.75) is 72.1 Å². The van der Waals surface area contributed by atoms with Crippen LogP contribution in [0.2, 0.25) is 0 Å². The minimum absolute atomic E-state index is 0.236. The highest BCUT2D eigenvalue weighted by Gasteiger charge is 2.59. The molecule has 1 aromatic rings. The van der Waals surface area contributed by atoms with Crippen molar-refractivity contribution in [3.05, 3.63) is 35.4 Å². The summed E-state index contributed by atoms with van der Waals surface area (Å²) in [5.74, 6) is -0.579. The molecule has 9 heteroatoms. The first-order valence-corrected chi connectivity index (χ1v) is 9.93. The molecule has 1 aromatic carbocycles. The summed E-state index contributed by atoms with van der Waals surface area (Å²) in [6, 6.07) is 6.98. The van der Waals surface area contributed by atoms with Crippen molar-refractivity contribution in [2.75, 3.05) is 7.05 Å². The predicted octanol–water partition coefficient (Wildman–Crippen LogP) is 4.14. The highest BCUT2D eigenvalue weighted by atomic mass is 16.8. The SMILES string of the molecule is CC1=NN(C)C(=O)C1(c1cccc(C)c1)N(OC(=O)OC(C)(C)C)C(=O)OC(C)(C)C. The van der Waals surface area contributed by atoms with E-state index in [1.807, 2.05) is 13.0 Å². The van der Waals surface area contributed by atoms with Gasteiger partial charge in [-0.2, -0.15) is 5.10 Å². The second-order valence-electron chi connectivity index (χ2n) is 9.42. The number of hydrazone groups is 1. The molecule has 31 heavy (non-hydrogen) atoms. The van der Waals surface area contributed by atoms with Crippen LogP contribution in [0.4, 0.5) is 9.59 Å².